The van der Waals surface area contributed by atoms with Gasteiger partial charge in [-0.05, 0) is 55.0 Å². The predicted octanol–water partition coefficient (Wildman–Crippen LogP) is 4.31. The van der Waals surface area contributed by atoms with Crippen molar-refractivity contribution in [2.75, 3.05) is 25.0 Å². The van der Waals surface area contributed by atoms with Crippen molar-refractivity contribution < 1.29 is 4.79 Å². The first-order chi connectivity index (χ1) is 12.5. The van der Waals surface area contributed by atoms with E-state index in [9.17, 15) is 4.79 Å². The minimum absolute atomic E-state index is 0.0381. The van der Waals surface area contributed by atoms with Gasteiger partial charge in [-0.25, -0.2) is 0 Å². The average Bonchev–Trinajstić information content (AvgIpc) is 2.64. The smallest absolute Gasteiger partial charge is 0.274 e. The fraction of sp³-hybridized carbons (Fsp3) is 0.421. The Balaban J connectivity index is 1.52. The average molecular weight is 393 g/mol. The summed E-state index contributed by atoms with van der Waals surface area (Å²) in [7, 11) is 0. The zero-order valence-corrected chi connectivity index (χ0v) is 16.2. The minimum Gasteiger partial charge on any atom is -0.368 e. The maximum atomic E-state index is 12.5. The lowest BCUT2D eigenvalue weighted by Crippen LogP contribution is -2.38. The van der Waals surface area contributed by atoms with Crippen LogP contribution in [0.1, 0.15) is 35.8 Å². The first-order valence-electron chi connectivity index (χ1n) is 8.84. The third-order valence-corrected chi connectivity index (χ3v) is 5.26. The molecule has 1 fully saturated rings. The molecule has 1 aromatic carbocycles. The normalized spacial score (nSPS) is 15.1. The highest BCUT2D eigenvalue weighted by Crippen LogP contribution is 2.21. The first-order valence-corrected chi connectivity index (χ1v) is 9.59. The maximum absolute atomic E-state index is 12.5. The van der Waals surface area contributed by atoms with E-state index in [2.05, 4.69) is 22.4 Å². The molecule has 0 saturated carbocycles. The number of nitrogens with zero attached hydrogens (tertiary/aromatic N) is 3. The third kappa shape index (κ3) is 4.86. The number of amides is 1. The molecule has 5 nitrogen and oxygen atoms in total. The van der Waals surface area contributed by atoms with Gasteiger partial charge in [0.25, 0.3) is 5.91 Å². The summed E-state index contributed by atoms with van der Waals surface area (Å²) in [6.07, 6.45) is 2.84. The van der Waals surface area contributed by atoms with Crippen LogP contribution in [0.5, 0.6) is 0 Å². The number of benzene rings is 1. The lowest BCUT2D eigenvalue weighted by atomic mass is 9.99. The summed E-state index contributed by atoms with van der Waals surface area (Å²) in [5, 5.41) is 12.7. The standard InChI is InChI=1S/C19H22Cl2N4O/c1-13-7-10-25(11-8-13)19(26)17-4-5-18(24-23-17)22-9-6-14-2-3-15(20)12-16(14)21/h2-5,12-13H,6-11H2,1H3,(H,22,24). The molecule has 2 aromatic rings. The molecule has 2 heterocycles. The quantitative estimate of drug-likeness (QED) is 0.823. The summed E-state index contributed by atoms with van der Waals surface area (Å²) in [5.41, 5.74) is 1.41. The van der Waals surface area contributed by atoms with Gasteiger partial charge in [0, 0.05) is 29.7 Å². The molecular weight excluding hydrogens is 371 g/mol. The fourth-order valence-corrected chi connectivity index (χ4v) is 3.47. The van der Waals surface area contributed by atoms with Crippen molar-refractivity contribution >= 4 is 34.9 Å². The lowest BCUT2D eigenvalue weighted by Gasteiger charge is -2.29. The molecule has 0 aliphatic carbocycles. The zero-order chi connectivity index (χ0) is 18.5. The molecule has 1 N–H and O–H groups in total. The number of anilines is 1. The van der Waals surface area contributed by atoms with Gasteiger partial charge in [-0.15, -0.1) is 10.2 Å². The summed E-state index contributed by atoms with van der Waals surface area (Å²) in [6, 6.07) is 8.99. The van der Waals surface area contributed by atoms with Gasteiger partial charge in [0.1, 0.15) is 5.82 Å². The molecule has 3 rings (SSSR count). The minimum atomic E-state index is -0.0381. The molecule has 1 aliphatic heterocycles. The number of piperidine rings is 1. The molecule has 1 aromatic heterocycles. The van der Waals surface area contributed by atoms with Crippen molar-refractivity contribution in [3.63, 3.8) is 0 Å². The Kier molecular flexibility index (Phi) is 6.33. The van der Waals surface area contributed by atoms with Crippen LogP contribution in [-0.2, 0) is 6.42 Å². The van der Waals surface area contributed by atoms with Crippen LogP contribution >= 0.6 is 23.2 Å². The number of carbonyl (C=O) groups excluding carboxylic acids is 1. The predicted molar refractivity (Wildman–Crippen MR) is 105 cm³/mol. The van der Waals surface area contributed by atoms with Crippen LogP contribution in [0.4, 0.5) is 5.82 Å². The van der Waals surface area contributed by atoms with E-state index < -0.39 is 0 Å². The lowest BCUT2D eigenvalue weighted by molar-refractivity contribution is 0.0690. The SMILES string of the molecule is CC1CCN(C(=O)c2ccc(NCCc3ccc(Cl)cc3Cl)nn2)CC1. The van der Waals surface area contributed by atoms with E-state index in [4.69, 9.17) is 23.2 Å². The monoisotopic (exact) mass is 392 g/mol. The van der Waals surface area contributed by atoms with Crippen molar-refractivity contribution in [2.24, 2.45) is 5.92 Å². The van der Waals surface area contributed by atoms with Crippen LogP contribution in [0, 0.1) is 5.92 Å². The van der Waals surface area contributed by atoms with E-state index in [0.29, 0.717) is 34.0 Å². The first kappa shape index (κ1) is 18.9. The number of hydrogen-bond acceptors (Lipinski definition) is 4. The van der Waals surface area contributed by atoms with Gasteiger partial charge in [0.2, 0.25) is 0 Å². The highest BCUT2D eigenvalue weighted by molar-refractivity contribution is 6.35. The van der Waals surface area contributed by atoms with E-state index in [1.807, 2.05) is 17.0 Å². The molecule has 138 valence electrons. The Bertz CT molecular complexity index is 759. The summed E-state index contributed by atoms with van der Waals surface area (Å²) in [5.74, 6) is 1.29. The molecule has 0 unspecified atom stereocenters. The number of rotatable bonds is 5. The Morgan fingerprint density at radius 3 is 2.62 bits per heavy atom. The van der Waals surface area contributed by atoms with E-state index >= 15 is 0 Å². The second-order valence-electron chi connectivity index (χ2n) is 6.69. The summed E-state index contributed by atoms with van der Waals surface area (Å²) in [4.78, 5) is 14.3. The molecule has 7 heteroatoms. The van der Waals surface area contributed by atoms with Crippen LogP contribution in [0.2, 0.25) is 10.0 Å². The summed E-state index contributed by atoms with van der Waals surface area (Å²) < 4.78 is 0. The van der Waals surface area contributed by atoms with Gasteiger partial charge in [0.15, 0.2) is 5.69 Å². The van der Waals surface area contributed by atoms with Crippen molar-refractivity contribution in [3.8, 4) is 0 Å². The van der Waals surface area contributed by atoms with E-state index in [1.165, 1.54) is 0 Å². The summed E-state index contributed by atoms with van der Waals surface area (Å²) in [6.45, 7) is 4.47. The zero-order valence-electron chi connectivity index (χ0n) is 14.7. The third-order valence-electron chi connectivity index (χ3n) is 4.67. The maximum Gasteiger partial charge on any atom is 0.274 e. The van der Waals surface area contributed by atoms with Crippen molar-refractivity contribution in [3.05, 3.63) is 51.6 Å². The van der Waals surface area contributed by atoms with E-state index in [1.54, 1.807) is 18.2 Å². The highest BCUT2D eigenvalue weighted by atomic mass is 35.5. The van der Waals surface area contributed by atoms with Crippen LogP contribution < -0.4 is 5.32 Å². The number of aromatic nitrogens is 2. The largest absolute Gasteiger partial charge is 0.368 e. The molecule has 26 heavy (non-hydrogen) atoms. The number of nitrogens with one attached hydrogen (secondary N) is 1. The van der Waals surface area contributed by atoms with Gasteiger partial charge >= 0.3 is 0 Å². The van der Waals surface area contributed by atoms with Crippen LogP contribution in [-0.4, -0.2) is 40.6 Å². The van der Waals surface area contributed by atoms with Crippen molar-refractivity contribution in [1.29, 1.82) is 0 Å². The van der Waals surface area contributed by atoms with Crippen LogP contribution in [0.15, 0.2) is 30.3 Å². The Morgan fingerprint density at radius 2 is 1.96 bits per heavy atom. The second kappa shape index (κ2) is 8.69. The second-order valence-corrected chi connectivity index (χ2v) is 7.53. The van der Waals surface area contributed by atoms with Gasteiger partial charge in [-0.3, -0.25) is 4.79 Å². The van der Waals surface area contributed by atoms with Crippen molar-refractivity contribution in [1.82, 2.24) is 15.1 Å². The molecular formula is C19H22Cl2N4O. The molecule has 0 spiro atoms. The van der Waals surface area contributed by atoms with Gasteiger partial charge in [0.05, 0.1) is 0 Å². The number of likely N-dealkylation sites (tertiary alicyclic amines) is 1. The molecule has 0 bridgehead atoms. The van der Waals surface area contributed by atoms with E-state index in [-0.39, 0.29) is 5.91 Å². The van der Waals surface area contributed by atoms with Crippen LogP contribution in [0.25, 0.3) is 0 Å². The van der Waals surface area contributed by atoms with E-state index in [0.717, 1.165) is 37.9 Å². The molecule has 0 radical (unpaired) electrons. The molecule has 1 amide bonds. The number of hydrogen-bond donors (Lipinski definition) is 1. The molecule has 1 aliphatic rings. The topological polar surface area (TPSA) is 58.1 Å². The van der Waals surface area contributed by atoms with Gasteiger partial charge in [-0.1, -0.05) is 36.2 Å². The molecule has 1 saturated heterocycles. The summed E-state index contributed by atoms with van der Waals surface area (Å²) >= 11 is 12.1. The fourth-order valence-electron chi connectivity index (χ4n) is 2.96. The van der Waals surface area contributed by atoms with Gasteiger partial charge in [-0.2, -0.15) is 0 Å². The Hall–Kier alpha value is -1.85. The Labute approximate surface area is 163 Å². The molecule has 0 atom stereocenters. The number of halogens is 2. The van der Waals surface area contributed by atoms with Crippen molar-refractivity contribution in [2.45, 2.75) is 26.2 Å². The van der Waals surface area contributed by atoms with Crippen LogP contribution in [0.3, 0.4) is 0 Å². The Morgan fingerprint density at radius 1 is 1.19 bits per heavy atom. The van der Waals surface area contributed by atoms with Gasteiger partial charge < -0.3 is 10.2 Å². The number of carbonyl (C=O) groups is 1. The highest BCUT2D eigenvalue weighted by Gasteiger charge is 2.22.